The first-order valence-corrected chi connectivity index (χ1v) is 7.62. The highest BCUT2D eigenvalue weighted by Gasteiger charge is 2.45. The monoisotopic (exact) mass is 261 g/mol. The molecule has 0 spiro atoms. The van der Waals surface area contributed by atoms with E-state index in [1.165, 1.54) is 32.1 Å². The van der Waals surface area contributed by atoms with Crippen molar-refractivity contribution in [2.45, 2.75) is 56.9 Å². The van der Waals surface area contributed by atoms with Crippen molar-refractivity contribution in [2.75, 3.05) is 13.1 Å². The van der Waals surface area contributed by atoms with Crippen LogP contribution in [0.5, 0.6) is 0 Å². The van der Waals surface area contributed by atoms with Gasteiger partial charge in [-0.1, -0.05) is 19.3 Å². The fraction of sp³-hybridized carbons (Fsp3) is 0.688. The van der Waals surface area contributed by atoms with Crippen molar-refractivity contribution < 1.29 is 9.21 Å². The summed E-state index contributed by atoms with van der Waals surface area (Å²) in [6.45, 7) is 2.20. The van der Waals surface area contributed by atoms with Crippen LogP contribution in [0.1, 0.15) is 50.7 Å². The normalized spacial score (nSPS) is 23.6. The van der Waals surface area contributed by atoms with Gasteiger partial charge in [0.15, 0.2) is 5.78 Å². The van der Waals surface area contributed by atoms with Crippen LogP contribution in [-0.2, 0) is 11.2 Å². The summed E-state index contributed by atoms with van der Waals surface area (Å²) in [5.74, 6) is 1.19. The van der Waals surface area contributed by atoms with Crippen LogP contribution in [0.3, 0.4) is 0 Å². The lowest BCUT2D eigenvalue weighted by atomic mass is 9.85. The van der Waals surface area contributed by atoms with Gasteiger partial charge in [-0.2, -0.15) is 0 Å². The fourth-order valence-corrected chi connectivity index (χ4v) is 3.79. The molecule has 2 heterocycles. The predicted octanol–water partition coefficient (Wildman–Crippen LogP) is 3.19. The first-order valence-electron chi connectivity index (χ1n) is 7.62. The zero-order valence-corrected chi connectivity index (χ0v) is 11.6. The van der Waals surface area contributed by atoms with Crippen LogP contribution in [0.25, 0.3) is 0 Å². The molecule has 1 saturated carbocycles. The van der Waals surface area contributed by atoms with Crippen LogP contribution in [-0.4, -0.2) is 29.3 Å². The smallest absolute Gasteiger partial charge is 0.160 e. The van der Waals surface area contributed by atoms with E-state index in [2.05, 4.69) is 4.90 Å². The molecule has 1 saturated heterocycles. The van der Waals surface area contributed by atoms with Crippen molar-refractivity contribution in [3.63, 3.8) is 0 Å². The number of ketones is 1. The van der Waals surface area contributed by atoms with Crippen molar-refractivity contribution in [3.05, 3.63) is 24.2 Å². The second-order valence-electron chi connectivity index (χ2n) is 5.97. The number of rotatable bonds is 4. The largest absolute Gasteiger partial charge is 0.469 e. The van der Waals surface area contributed by atoms with Crippen molar-refractivity contribution in [1.29, 1.82) is 0 Å². The standard InChI is InChI=1S/C16H23NO2/c18-15(13-14-7-6-12-19-14)16(8-2-3-9-16)17-10-4-1-5-11-17/h6-7,12H,1-5,8-11,13H2. The van der Waals surface area contributed by atoms with Gasteiger partial charge in [-0.05, 0) is 50.9 Å². The van der Waals surface area contributed by atoms with E-state index in [-0.39, 0.29) is 5.54 Å². The summed E-state index contributed by atoms with van der Waals surface area (Å²) in [7, 11) is 0. The Kier molecular flexibility index (Phi) is 3.74. The lowest BCUT2D eigenvalue weighted by Gasteiger charge is -2.42. The minimum Gasteiger partial charge on any atom is -0.469 e. The summed E-state index contributed by atoms with van der Waals surface area (Å²) in [4.78, 5) is 15.3. The van der Waals surface area contributed by atoms with Gasteiger partial charge in [0.1, 0.15) is 5.76 Å². The number of hydrogen-bond acceptors (Lipinski definition) is 3. The molecule has 0 radical (unpaired) electrons. The molecule has 19 heavy (non-hydrogen) atoms. The van der Waals surface area contributed by atoms with E-state index in [0.29, 0.717) is 12.2 Å². The highest BCUT2D eigenvalue weighted by Crippen LogP contribution is 2.38. The maximum absolute atomic E-state index is 12.8. The summed E-state index contributed by atoms with van der Waals surface area (Å²) < 4.78 is 5.36. The van der Waals surface area contributed by atoms with Gasteiger partial charge in [-0.15, -0.1) is 0 Å². The van der Waals surface area contributed by atoms with Crippen molar-refractivity contribution in [2.24, 2.45) is 0 Å². The summed E-state index contributed by atoms with van der Waals surface area (Å²) in [6.07, 6.45) is 10.4. The molecule has 0 amide bonds. The van der Waals surface area contributed by atoms with E-state index in [4.69, 9.17) is 4.42 Å². The lowest BCUT2D eigenvalue weighted by Crippen LogP contribution is -2.55. The summed E-state index contributed by atoms with van der Waals surface area (Å²) in [6, 6.07) is 3.78. The van der Waals surface area contributed by atoms with Crippen LogP contribution in [0.15, 0.2) is 22.8 Å². The average Bonchev–Trinajstić information content (AvgIpc) is 3.11. The van der Waals surface area contributed by atoms with Crippen LogP contribution in [0, 0.1) is 0 Å². The zero-order chi connectivity index (χ0) is 13.1. The topological polar surface area (TPSA) is 33.5 Å². The number of carbonyl (C=O) groups excluding carboxylic acids is 1. The van der Waals surface area contributed by atoms with Gasteiger partial charge in [0.05, 0.1) is 18.2 Å². The Bertz CT molecular complexity index is 412. The highest BCUT2D eigenvalue weighted by atomic mass is 16.3. The van der Waals surface area contributed by atoms with Gasteiger partial charge in [0.2, 0.25) is 0 Å². The molecule has 1 aromatic rings. The molecule has 3 nitrogen and oxygen atoms in total. The summed E-state index contributed by atoms with van der Waals surface area (Å²) in [5, 5.41) is 0. The van der Waals surface area contributed by atoms with E-state index in [1.54, 1.807) is 6.26 Å². The number of furan rings is 1. The molecule has 0 aromatic carbocycles. The predicted molar refractivity (Wildman–Crippen MR) is 74.0 cm³/mol. The molecule has 1 aliphatic heterocycles. The van der Waals surface area contributed by atoms with E-state index in [0.717, 1.165) is 31.7 Å². The Morgan fingerprint density at radius 3 is 2.53 bits per heavy atom. The van der Waals surface area contributed by atoms with Gasteiger partial charge in [0.25, 0.3) is 0 Å². The van der Waals surface area contributed by atoms with Crippen molar-refractivity contribution in [1.82, 2.24) is 4.90 Å². The number of Topliss-reactive ketones (excluding diaryl/α,β-unsaturated/α-hetero) is 1. The lowest BCUT2D eigenvalue weighted by molar-refractivity contribution is -0.131. The maximum atomic E-state index is 12.8. The third-order valence-corrected chi connectivity index (χ3v) is 4.83. The molecule has 0 N–H and O–H groups in total. The third-order valence-electron chi connectivity index (χ3n) is 4.83. The molecular formula is C16H23NO2. The van der Waals surface area contributed by atoms with Crippen LogP contribution < -0.4 is 0 Å². The van der Waals surface area contributed by atoms with Crippen molar-refractivity contribution in [3.8, 4) is 0 Å². The fourth-order valence-electron chi connectivity index (χ4n) is 3.79. The molecule has 0 unspecified atom stereocenters. The van der Waals surface area contributed by atoms with Crippen molar-refractivity contribution >= 4 is 5.78 Å². The van der Waals surface area contributed by atoms with Crippen LogP contribution >= 0.6 is 0 Å². The molecule has 3 heteroatoms. The molecule has 0 atom stereocenters. The number of likely N-dealkylation sites (tertiary alicyclic amines) is 1. The number of nitrogens with zero attached hydrogens (tertiary/aromatic N) is 1. The van der Waals surface area contributed by atoms with Gasteiger partial charge >= 0.3 is 0 Å². The molecule has 0 bridgehead atoms. The Labute approximate surface area is 115 Å². The Morgan fingerprint density at radius 2 is 1.89 bits per heavy atom. The molecule has 2 aliphatic rings. The molecule has 3 rings (SSSR count). The quantitative estimate of drug-likeness (QED) is 0.834. The van der Waals surface area contributed by atoms with Gasteiger partial charge < -0.3 is 4.42 Å². The minimum atomic E-state index is -0.173. The Hall–Kier alpha value is -1.09. The maximum Gasteiger partial charge on any atom is 0.160 e. The van der Waals surface area contributed by atoms with E-state index in [9.17, 15) is 4.79 Å². The highest BCUT2D eigenvalue weighted by molar-refractivity contribution is 5.90. The molecule has 1 aliphatic carbocycles. The van der Waals surface area contributed by atoms with Gasteiger partial charge in [-0.25, -0.2) is 0 Å². The Morgan fingerprint density at radius 1 is 1.16 bits per heavy atom. The SMILES string of the molecule is O=C(Cc1ccco1)C1(N2CCCCC2)CCCC1. The third kappa shape index (κ3) is 2.48. The number of piperidine rings is 1. The van der Waals surface area contributed by atoms with Gasteiger partial charge in [0, 0.05) is 0 Å². The average molecular weight is 261 g/mol. The van der Waals surface area contributed by atoms with E-state index < -0.39 is 0 Å². The van der Waals surface area contributed by atoms with Crippen LogP contribution in [0.2, 0.25) is 0 Å². The zero-order valence-electron chi connectivity index (χ0n) is 11.6. The molecule has 1 aromatic heterocycles. The first kappa shape index (κ1) is 12.9. The number of carbonyl (C=O) groups is 1. The molecule has 104 valence electrons. The van der Waals surface area contributed by atoms with Gasteiger partial charge in [-0.3, -0.25) is 9.69 Å². The second-order valence-corrected chi connectivity index (χ2v) is 5.97. The number of hydrogen-bond donors (Lipinski definition) is 0. The van der Waals surface area contributed by atoms with E-state index >= 15 is 0 Å². The minimum absolute atomic E-state index is 0.173. The first-order chi connectivity index (χ1) is 9.31. The Balaban J connectivity index is 1.77. The second kappa shape index (κ2) is 5.49. The van der Waals surface area contributed by atoms with E-state index in [1.807, 2.05) is 12.1 Å². The molecular weight excluding hydrogens is 238 g/mol. The summed E-state index contributed by atoms with van der Waals surface area (Å²) >= 11 is 0. The summed E-state index contributed by atoms with van der Waals surface area (Å²) in [5.41, 5.74) is -0.173. The van der Waals surface area contributed by atoms with Crippen LogP contribution in [0.4, 0.5) is 0 Å². The molecule has 2 fully saturated rings.